The van der Waals surface area contributed by atoms with Crippen LogP contribution in [0.1, 0.15) is 29.7 Å². The summed E-state index contributed by atoms with van der Waals surface area (Å²) >= 11 is 0. The van der Waals surface area contributed by atoms with E-state index < -0.39 is 0 Å². The van der Waals surface area contributed by atoms with Gasteiger partial charge in [0.1, 0.15) is 5.75 Å². The van der Waals surface area contributed by atoms with Crippen molar-refractivity contribution >= 4 is 5.91 Å². The fraction of sp³-hybridized carbons (Fsp3) is 0.333. The van der Waals surface area contributed by atoms with Gasteiger partial charge in [-0.05, 0) is 44.0 Å². The van der Waals surface area contributed by atoms with E-state index >= 15 is 0 Å². The van der Waals surface area contributed by atoms with Crippen LogP contribution in [0.4, 0.5) is 0 Å². The van der Waals surface area contributed by atoms with Gasteiger partial charge in [0.15, 0.2) is 0 Å². The summed E-state index contributed by atoms with van der Waals surface area (Å²) in [4.78, 5) is 26.4. The molecular formula is C18H22N2O3. The van der Waals surface area contributed by atoms with Crippen molar-refractivity contribution < 1.29 is 9.53 Å². The Morgan fingerprint density at radius 2 is 1.96 bits per heavy atom. The number of rotatable bonds is 7. The molecule has 0 aliphatic rings. The largest absolute Gasteiger partial charge is 0.494 e. The van der Waals surface area contributed by atoms with Crippen molar-refractivity contribution in [1.82, 2.24) is 10.3 Å². The first-order valence-electron chi connectivity index (χ1n) is 7.70. The Balaban J connectivity index is 1.72. The summed E-state index contributed by atoms with van der Waals surface area (Å²) in [6.07, 6.45) is 1.000. The van der Waals surface area contributed by atoms with Gasteiger partial charge in [-0.15, -0.1) is 0 Å². The Morgan fingerprint density at radius 3 is 2.65 bits per heavy atom. The molecule has 0 radical (unpaired) electrons. The molecule has 2 rings (SSSR count). The molecule has 1 aromatic heterocycles. The summed E-state index contributed by atoms with van der Waals surface area (Å²) in [5, 5.41) is 2.78. The van der Waals surface area contributed by atoms with Crippen LogP contribution in [0.3, 0.4) is 0 Å². The minimum atomic E-state index is -0.143. The zero-order chi connectivity index (χ0) is 16.7. The number of hydrogen-bond donors (Lipinski definition) is 2. The third-order valence-electron chi connectivity index (χ3n) is 3.52. The Morgan fingerprint density at radius 1 is 1.22 bits per heavy atom. The van der Waals surface area contributed by atoms with Gasteiger partial charge in [0.2, 0.25) is 5.91 Å². The predicted molar refractivity (Wildman–Crippen MR) is 89.6 cm³/mol. The van der Waals surface area contributed by atoms with Crippen molar-refractivity contribution in [1.29, 1.82) is 0 Å². The first-order valence-corrected chi connectivity index (χ1v) is 7.70. The summed E-state index contributed by atoms with van der Waals surface area (Å²) in [6.45, 7) is 4.45. The molecular weight excluding hydrogens is 292 g/mol. The lowest BCUT2D eigenvalue weighted by Crippen LogP contribution is -2.28. The number of H-pyrrole nitrogens is 1. The molecule has 1 amide bonds. The number of para-hydroxylation sites is 1. The van der Waals surface area contributed by atoms with Gasteiger partial charge in [-0.1, -0.05) is 18.2 Å². The molecule has 23 heavy (non-hydrogen) atoms. The van der Waals surface area contributed by atoms with E-state index in [2.05, 4.69) is 10.3 Å². The summed E-state index contributed by atoms with van der Waals surface area (Å²) in [7, 11) is 0. The van der Waals surface area contributed by atoms with E-state index in [1.165, 1.54) is 0 Å². The van der Waals surface area contributed by atoms with Crippen LogP contribution in [0.2, 0.25) is 0 Å². The molecule has 0 saturated heterocycles. The van der Waals surface area contributed by atoms with Crippen molar-refractivity contribution in [3.63, 3.8) is 0 Å². The van der Waals surface area contributed by atoms with Gasteiger partial charge in [0.05, 0.1) is 6.61 Å². The molecule has 0 saturated carbocycles. The minimum Gasteiger partial charge on any atom is -0.494 e. The highest BCUT2D eigenvalue weighted by molar-refractivity contribution is 5.75. The number of carbonyl (C=O) groups is 1. The number of nitrogens with one attached hydrogen (secondary N) is 2. The molecule has 2 N–H and O–H groups in total. The number of pyridine rings is 1. The smallest absolute Gasteiger partial charge is 0.253 e. The van der Waals surface area contributed by atoms with Crippen molar-refractivity contribution in [2.45, 2.75) is 33.2 Å². The number of carbonyl (C=O) groups excluding carboxylic acids is 1. The van der Waals surface area contributed by atoms with Crippen molar-refractivity contribution in [3.8, 4) is 5.75 Å². The number of benzene rings is 1. The van der Waals surface area contributed by atoms with Crippen LogP contribution in [0.15, 0.2) is 41.2 Å². The maximum Gasteiger partial charge on any atom is 0.253 e. The van der Waals surface area contributed by atoms with Gasteiger partial charge >= 0.3 is 0 Å². The second-order valence-corrected chi connectivity index (χ2v) is 5.48. The molecule has 0 atom stereocenters. The Bertz CT molecular complexity index is 708. The molecule has 0 fully saturated rings. The quantitative estimate of drug-likeness (QED) is 0.771. The number of hydrogen-bond acceptors (Lipinski definition) is 3. The van der Waals surface area contributed by atoms with Crippen LogP contribution in [0, 0.1) is 13.8 Å². The first-order chi connectivity index (χ1) is 11.1. The number of aromatic amines is 1. The lowest BCUT2D eigenvalue weighted by Gasteiger charge is -2.09. The fourth-order valence-electron chi connectivity index (χ4n) is 2.32. The third-order valence-corrected chi connectivity index (χ3v) is 3.52. The molecule has 1 aromatic carbocycles. The Labute approximate surface area is 135 Å². The molecule has 5 heteroatoms. The van der Waals surface area contributed by atoms with Crippen LogP contribution in [0.5, 0.6) is 5.75 Å². The zero-order valence-corrected chi connectivity index (χ0v) is 13.5. The summed E-state index contributed by atoms with van der Waals surface area (Å²) in [5.41, 5.74) is 2.17. The first kappa shape index (κ1) is 16.8. The maximum absolute atomic E-state index is 11.9. The predicted octanol–water partition coefficient (Wildman–Crippen LogP) is 2.47. The van der Waals surface area contributed by atoms with Crippen LogP contribution in [-0.2, 0) is 11.3 Å². The van der Waals surface area contributed by atoms with Gasteiger partial charge in [-0.2, -0.15) is 0 Å². The van der Waals surface area contributed by atoms with E-state index in [4.69, 9.17) is 4.74 Å². The average Bonchev–Trinajstić information content (AvgIpc) is 2.51. The third kappa shape index (κ3) is 5.29. The van der Waals surface area contributed by atoms with Crippen molar-refractivity contribution in [2.75, 3.05) is 6.61 Å². The zero-order valence-electron chi connectivity index (χ0n) is 13.5. The minimum absolute atomic E-state index is 0.0824. The lowest BCUT2D eigenvalue weighted by molar-refractivity contribution is -0.121. The van der Waals surface area contributed by atoms with E-state index in [0.29, 0.717) is 25.0 Å². The molecule has 0 unspecified atom stereocenters. The number of aryl methyl sites for hydroxylation is 2. The summed E-state index contributed by atoms with van der Waals surface area (Å²) in [6, 6.07) is 11.4. The van der Waals surface area contributed by atoms with Crippen molar-refractivity contribution in [2.24, 2.45) is 0 Å². The molecule has 0 aliphatic carbocycles. The van der Waals surface area contributed by atoms with E-state index in [0.717, 1.165) is 17.0 Å². The van der Waals surface area contributed by atoms with Crippen LogP contribution < -0.4 is 15.6 Å². The Hall–Kier alpha value is -2.56. The van der Waals surface area contributed by atoms with Gasteiger partial charge < -0.3 is 15.0 Å². The lowest BCUT2D eigenvalue weighted by atomic mass is 10.1. The average molecular weight is 314 g/mol. The molecule has 0 spiro atoms. The normalized spacial score (nSPS) is 10.3. The highest BCUT2D eigenvalue weighted by atomic mass is 16.5. The van der Waals surface area contributed by atoms with Gasteiger partial charge in [0, 0.05) is 24.2 Å². The molecule has 0 aliphatic heterocycles. The maximum atomic E-state index is 11.9. The van der Waals surface area contributed by atoms with Gasteiger partial charge in [-0.3, -0.25) is 9.59 Å². The highest BCUT2D eigenvalue weighted by Crippen LogP contribution is 2.09. The summed E-state index contributed by atoms with van der Waals surface area (Å²) < 4.78 is 5.54. The van der Waals surface area contributed by atoms with Gasteiger partial charge in [-0.25, -0.2) is 0 Å². The number of aromatic nitrogens is 1. The van der Waals surface area contributed by atoms with E-state index in [9.17, 15) is 9.59 Å². The molecule has 2 aromatic rings. The second-order valence-electron chi connectivity index (χ2n) is 5.48. The Kier molecular flexibility index (Phi) is 5.97. The SMILES string of the molecule is Cc1cc(C)c(CNC(=O)CCCOc2ccccc2)c(=O)[nH]1. The van der Waals surface area contributed by atoms with E-state index in [1.807, 2.05) is 50.2 Å². The van der Waals surface area contributed by atoms with E-state index in [-0.39, 0.29) is 18.0 Å². The summed E-state index contributed by atoms with van der Waals surface area (Å²) in [5.74, 6) is 0.718. The molecule has 0 bridgehead atoms. The molecule has 5 nitrogen and oxygen atoms in total. The van der Waals surface area contributed by atoms with Crippen LogP contribution in [-0.4, -0.2) is 17.5 Å². The molecule has 1 heterocycles. The second kappa shape index (κ2) is 8.17. The standard InChI is InChI=1S/C18H22N2O3/c1-13-11-14(2)20-18(22)16(13)12-19-17(21)9-6-10-23-15-7-4-3-5-8-15/h3-5,7-8,11H,6,9-10,12H2,1-2H3,(H,19,21)(H,20,22). The fourth-order valence-corrected chi connectivity index (χ4v) is 2.32. The monoisotopic (exact) mass is 314 g/mol. The van der Waals surface area contributed by atoms with Crippen LogP contribution in [0.25, 0.3) is 0 Å². The molecule has 122 valence electrons. The van der Waals surface area contributed by atoms with Gasteiger partial charge in [0.25, 0.3) is 5.56 Å². The topological polar surface area (TPSA) is 71.2 Å². The number of amides is 1. The van der Waals surface area contributed by atoms with E-state index in [1.54, 1.807) is 0 Å². The van der Waals surface area contributed by atoms with Crippen LogP contribution >= 0.6 is 0 Å². The highest BCUT2D eigenvalue weighted by Gasteiger charge is 2.07. The van der Waals surface area contributed by atoms with Crippen molar-refractivity contribution in [3.05, 3.63) is 63.6 Å². The number of ether oxygens (including phenoxy) is 1.